The molecule has 24 heavy (non-hydrogen) atoms. The van der Waals surface area contributed by atoms with Gasteiger partial charge in [0.05, 0.1) is 5.69 Å². The summed E-state index contributed by atoms with van der Waals surface area (Å²) >= 11 is 0. The standard InChI is InChI=1S/C20H35N3O/c1-13(2)20(19(5,6)7)10-8-16(9-11-20)18(24)21-12-17-14(3)22-23-15(17)4/h13,16H,8-12H2,1-7H3,(H,21,24)(H,22,23). The van der Waals surface area contributed by atoms with Crippen LogP contribution >= 0.6 is 0 Å². The first-order valence-corrected chi connectivity index (χ1v) is 9.36. The highest BCUT2D eigenvalue weighted by atomic mass is 16.1. The number of hydrogen-bond donors (Lipinski definition) is 2. The van der Waals surface area contributed by atoms with E-state index in [-0.39, 0.29) is 17.2 Å². The highest BCUT2D eigenvalue weighted by Crippen LogP contribution is 2.55. The molecule has 0 saturated heterocycles. The summed E-state index contributed by atoms with van der Waals surface area (Å²) in [5.41, 5.74) is 3.77. The lowest BCUT2D eigenvalue weighted by Gasteiger charge is -2.52. The summed E-state index contributed by atoms with van der Waals surface area (Å²) in [7, 11) is 0. The maximum Gasteiger partial charge on any atom is 0.223 e. The number of carbonyl (C=O) groups is 1. The van der Waals surface area contributed by atoms with Crippen LogP contribution in [0, 0.1) is 36.5 Å². The fraction of sp³-hybridized carbons (Fsp3) is 0.800. The third kappa shape index (κ3) is 3.52. The van der Waals surface area contributed by atoms with Gasteiger partial charge in [0, 0.05) is 23.7 Å². The van der Waals surface area contributed by atoms with Gasteiger partial charge in [0.1, 0.15) is 0 Å². The summed E-state index contributed by atoms with van der Waals surface area (Å²) in [6.45, 7) is 16.3. The van der Waals surface area contributed by atoms with Crippen LogP contribution in [0.5, 0.6) is 0 Å². The van der Waals surface area contributed by atoms with E-state index in [1.165, 1.54) is 0 Å². The summed E-state index contributed by atoms with van der Waals surface area (Å²) in [5, 5.41) is 10.3. The summed E-state index contributed by atoms with van der Waals surface area (Å²) < 4.78 is 0. The third-order valence-electron chi connectivity index (χ3n) is 6.57. The molecule has 4 nitrogen and oxygen atoms in total. The van der Waals surface area contributed by atoms with E-state index in [0.717, 1.165) is 42.6 Å². The van der Waals surface area contributed by atoms with Gasteiger partial charge in [-0.1, -0.05) is 34.6 Å². The SMILES string of the molecule is Cc1n[nH]c(C)c1CNC(=O)C1CCC(C(C)C)(C(C)(C)C)CC1. The highest BCUT2D eigenvalue weighted by Gasteiger charge is 2.47. The largest absolute Gasteiger partial charge is 0.352 e. The van der Waals surface area contributed by atoms with Crippen LogP contribution in [0.1, 0.15) is 77.3 Å². The van der Waals surface area contributed by atoms with Crippen molar-refractivity contribution in [3.8, 4) is 0 Å². The van der Waals surface area contributed by atoms with Gasteiger partial charge < -0.3 is 5.32 Å². The molecule has 1 saturated carbocycles. The molecule has 4 heteroatoms. The summed E-state index contributed by atoms with van der Waals surface area (Å²) in [6, 6.07) is 0. The highest BCUT2D eigenvalue weighted by molar-refractivity contribution is 5.78. The van der Waals surface area contributed by atoms with E-state index in [9.17, 15) is 4.79 Å². The molecule has 0 unspecified atom stereocenters. The molecule has 0 bridgehead atoms. The second-order valence-electron chi connectivity index (χ2n) is 8.97. The molecule has 2 N–H and O–H groups in total. The van der Waals surface area contributed by atoms with Gasteiger partial charge in [0.2, 0.25) is 5.91 Å². The number of aromatic amines is 1. The van der Waals surface area contributed by atoms with E-state index in [2.05, 4.69) is 50.1 Å². The first-order valence-electron chi connectivity index (χ1n) is 9.36. The molecule has 1 heterocycles. The molecule has 1 aliphatic carbocycles. The van der Waals surface area contributed by atoms with Crippen molar-refractivity contribution in [2.24, 2.45) is 22.7 Å². The molecule has 0 spiro atoms. The Hall–Kier alpha value is -1.32. The predicted octanol–water partition coefficient (Wildman–Crippen LogP) is 4.52. The molecule has 0 radical (unpaired) electrons. The van der Waals surface area contributed by atoms with Crippen molar-refractivity contribution < 1.29 is 4.79 Å². The van der Waals surface area contributed by atoms with E-state index in [1.807, 2.05) is 13.8 Å². The van der Waals surface area contributed by atoms with Crippen LogP contribution in [0.2, 0.25) is 0 Å². The minimum Gasteiger partial charge on any atom is -0.352 e. The van der Waals surface area contributed by atoms with Gasteiger partial charge in [-0.25, -0.2) is 0 Å². The Morgan fingerprint density at radius 3 is 2.29 bits per heavy atom. The Balaban J connectivity index is 1.95. The van der Waals surface area contributed by atoms with Gasteiger partial charge in [0.15, 0.2) is 0 Å². The van der Waals surface area contributed by atoms with Crippen molar-refractivity contribution in [1.29, 1.82) is 0 Å². The fourth-order valence-electron chi connectivity index (χ4n) is 4.74. The van der Waals surface area contributed by atoms with Gasteiger partial charge >= 0.3 is 0 Å². The molecule has 0 aliphatic heterocycles. The summed E-state index contributed by atoms with van der Waals surface area (Å²) in [5.74, 6) is 1.02. The number of nitrogens with one attached hydrogen (secondary N) is 2. The van der Waals surface area contributed by atoms with Crippen LogP contribution in [0.15, 0.2) is 0 Å². The zero-order chi connectivity index (χ0) is 18.1. The topological polar surface area (TPSA) is 57.8 Å². The fourth-order valence-corrected chi connectivity index (χ4v) is 4.74. The van der Waals surface area contributed by atoms with Crippen LogP contribution in [0.3, 0.4) is 0 Å². The molecule has 1 amide bonds. The van der Waals surface area contributed by atoms with Gasteiger partial charge in [-0.05, 0) is 56.3 Å². The first-order chi connectivity index (χ1) is 11.1. The Bertz CT molecular complexity index is 553. The maximum absolute atomic E-state index is 12.6. The van der Waals surface area contributed by atoms with Gasteiger partial charge in [-0.15, -0.1) is 0 Å². The quantitative estimate of drug-likeness (QED) is 0.851. The molecule has 1 aromatic heterocycles. The minimum absolute atomic E-state index is 0.159. The van der Waals surface area contributed by atoms with E-state index in [0.29, 0.717) is 17.9 Å². The average molecular weight is 334 g/mol. The van der Waals surface area contributed by atoms with Crippen molar-refractivity contribution in [3.05, 3.63) is 17.0 Å². The second-order valence-corrected chi connectivity index (χ2v) is 8.97. The van der Waals surface area contributed by atoms with Crippen LogP contribution in [-0.2, 0) is 11.3 Å². The van der Waals surface area contributed by atoms with E-state index >= 15 is 0 Å². The predicted molar refractivity (Wildman–Crippen MR) is 98.6 cm³/mol. The molecular formula is C20H35N3O. The second kappa shape index (κ2) is 6.89. The lowest BCUT2D eigenvalue weighted by Crippen LogP contribution is -2.45. The van der Waals surface area contributed by atoms with E-state index < -0.39 is 0 Å². The van der Waals surface area contributed by atoms with Gasteiger partial charge in [0.25, 0.3) is 0 Å². The lowest BCUT2D eigenvalue weighted by atomic mass is 9.53. The number of hydrogen-bond acceptors (Lipinski definition) is 2. The van der Waals surface area contributed by atoms with Crippen molar-refractivity contribution in [1.82, 2.24) is 15.5 Å². The maximum atomic E-state index is 12.6. The lowest BCUT2D eigenvalue weighted by molar-refractivity contribution is -0.128. The van der Waals surface area contributed by atoms with Crippen LogP contribution in [0.25, 0.3) is 0 Å². The number of carbonyl (C=O) groups excluding carboxylic acids is 1. The Morgan fingerprint density at radius 2 is 1.88 bits per heavy atom. The van der Waals surface area contributed by atoms with Crippen molar-refractivity contribution in [3.63, 3.8) is 0 Å². The first kappa shape index (κ1) is 19.0. The molecule has 1 fully saturated rings. The Labute approximate surface area is 147 Å². The minimum atomic E-state index is 0.159. The number of aryl methyl sites for hydroxylation is 2. The smallest absolute Gasteiger partial charge is 0.223 e. The Morgan fingerprint density at radius 1 is 1.29 bits per heavy atom. The van der Waals surface area contributed by atoms with Crippen molar-refractivity contribution >= 4 is 5.91 Å². The van der Waals surface area contributed by atoms with E-state index in [1.54, 1.807) is 0 Å². The summed E-state index contributed by atoms with van der Waals surface area (Å²) in [6.07, 6.45) is 4.31. The van der Waals surface area contributed by atoms with Crippen LogP contribution < -0.4 is 5.32 Å². The van der Waals surface area contributed by atoms with Crippen molar-refractivity contribution in [2.75, 3.05) is 0 Å². The average Bonchev–Trinajstić information content (AvgIpc) is 2.82. The third-order valence-corrected chi connectivity index (χ3v) is 6.57. The normalized spacial score (nSPS) is 25.1. The number of nitrogens with zero attached hydrogens (tertiary/aromatic N) is 1. The summed E-state index contributed by atoms with van der Waals surface area (Å²) in [4.78, 5) is 12.6. The zero-order valence-corrected chi connectivity index (χ0v) is 16.5. The number of rotatable bonds is 4. The number of aromatic nitrogens is 2. The number of H-pyrrole nitrogens is 1. The van der Waals surface area contributed by atoms with Crippen LogP contribution in [0.4, 0.5) is 0 Å². The monoisotopic (exact) mass is 333 g/mol. The molecule has 0 atom stereocenters. The molecule has 0 aromatic carbocycles. The Kier molecular flexibility index (Phi) is 5.46. The van der Waals surface area contributed by atoms with Crippen molar-refractivity contribution in [2.45, 2.75) is 80.7 Å². The molecule has 1 aliphatic rings. The molecule has 2 rings (SSSR count). The van der Waals surface area contributed by atoms with E-state index in [4.69, 9.17) is 0 Å². The van der Waals surface area contributed by atoms with Gasteiger partial charge in [-0.2, -0.15) is 5.10 Å². The molecule has 1 aromatic rings. The number of amides is 1. The molecular weight excluding hydrogens is 298 g/mol. The van der Waals surface area contributed by atoms with Gasteiger partial charge in [-0.3, -0.25) is 9.89 Å². The van der Waals surface area contributed by atoms with Crippen LogP contribution in [-0.4, -0.2) is 16.1 Å². The zero-order valence-electron chi connectivity index (χ0n) is 16.5. The molecule has 136 valence electrons.